The summed E-state index contributed by atoms with van der Waals surface area (Å²) < 4.78 is 41.7. The highest BCUT2D eigenvalue weighted by molar-refractivity contribution is 6.10. The maximum Gasteiger partial charge on any atom is 0.416 e. The van der Waals surface area contributed by atoms with Gasteiger partial charge in [0.15, 0.2) is 5.78 Å². The number of hydrogen-bond donors (Lipinski definition) is 3. The van der Waals surface area contributed by atoms with E-state index < -0.39 is 34.6 Å². The number of aliphatic hydroxyl groups is 2. The Hall–Kier alpha value is -3.95. The minimum atomic E-state index is -4.61. The molecule has 59 heavy (non-hydrogen) atoms. The Balaban J connectivity index is 1.18. The summed E-state index contributed by atoms with van der Waals surface area (Å²) >= 11 is 0. The van der Waals surface area contributed by atoms with Crippen molar-refractivity contribution in [3.8, 4) is 0 Å². The van der Waals surface area contributed by atoms with Gasteiger partial charge in [0.05, 0.1) is 29.9 Å². The van der Waals surface area contributed by atoms with E-state index in [4.69, 9.17) is 0 Å². The highest BCUT2D eigenvalue weighted by atomic mass is 19.4. The molecule has 7 aliphatic carbocycles. The van der Waals surface area contributed by atoms with E-state index in [-0.39, 0.29) is 35.5 Å². The maximum atomic E-state index is 14.7. The van der Waals surface area contributed by atoms with Crippen LogP contribution in [-0.4, -0.2) is 51.7 Å². The van der Waals surface area contributed by atoms with Crippen molar-refractivity contribution in [3.63, 3.8) is 0 Å². The predicted octanol–water partition coefficient (Wildman–Crippen LogP) is 11.0. The fourth-order valence-electron chi connectivity index (χ4n) is 12.7. The van der Waals surface area contributed by atoms with Crippen molar-refractivity contribution in [1.82, 2.24) is 10.2 Å². The number of nitrogens with one attached hydrogen (secondary N) is 1. The molecular formula is C50H61F3N2O4. The van der Waals surface area contributed by atoms with Crippen LogP contribution in [0.3, 0.4) is 0 Å². The number of aliphatic hydroxyl groups excluding tert-OH is 1. The first-order chi connectivity index (χ1) is 28.0. The zero-order chi connectivity index (χ0) is 41.7. The van der Waals surface area contributed by atoms with Crippen LogP contribution in [-0.2, 0) is 12.6 Å². The van der Waals surface area contributed by atoms with Gasteiger partial charge in [0.1, 0.15) is 0 Å². The molecule has 0 heterocycles. The Morgan fingerprint density at radius 2 is 1.59 bits per heavy atom. The summed E-state index contributed by atoms with van der Waals surface area (Å²) in [7, 11) is 0. The molecule has 0 radical (unpaired) electrons. The number of fused-ring (bicyclic) bond motifs is 8. The molecule has 3 aromatic rings. The summed E-state index contributed by atoms with van der Waals surface area (Å²) in [6, 6.07) is 19.7. The van der Waals surface area contributed by atoms with E-state index in [1.165, 1.54) is 31.4 Å². The van der Waals surface area contributed by atoms with Crippen LogP contribution in [0.15, 0.2) is 84.4 Å². The molecule has 5 fully saturated rings. The van der Waals surface area contributed by atoms with E-state index in [1.807, 2.05) is 54.3 Å². The van der Waals surface area contributed by atoms with E-state index in [1.54, 1.807) is 6.07 Å². The summed E-state index contributed by atoms with van der Waals surface area (Å²) in [5.74, 6) is 1.23. The zero-order valence-electron chi connectivity index (χ0n) is 34.9. The maximum absolute atomic E-state index is 14.7. The molecule has 0 saturated heterocycles. The molecule has 0 unspecified atom stereocenters. The number of hydrogen-bond acceptors (Lipinski definition) is 4. The minimum Gasteiger partial charge on any atom is -0.393 e. The lowest BCUT2D eigenvalue weighted by Gasteiger charge is -2.58. The third-order valence-corrected chi connectivity index (χ3v) is 15.4. The van der Waals surface area contributed by atoms with Crippen molar-refractivity contribution in [2.24, 2.45) is 28.6 Å². The second-order valence-corrected chi connectivity index (χ2v) is 19.7. The summed E-state index contributed by atoms with van der Waals surface area (Å²) in [4.78, 5) is 31.2. The molecule has 5 atom stereocenters. The highest BCUT2D eigenvalue weighted by Crippen LogP contribution is 2.62. The lowest BCUT2D eigenvalue weighted by molar-refractivity contribution is -0.137. The molecule has 7 aliphatic rings. The van der Waals surface area contributed by atoms with Gasteiger partial charge in [-0.15, -0.1) is 0 Å². The molecule has 10 rings (SSSR count). The summed E-state index contributed by atoms with van der Waals surface area (Å²) in [5.41, 5.74) is 0.815. The molecule has 3 aromatic carbocycles. The predicted molar refractivity (Wildman–Crippen MR) is 224 cm³/mol. The lowest BCUT2D eigenvalue weighted by Crippen LogP contribution is -2.59. The molecule has 6 nitrogen and oxygen atoms in total. The van der Waals surface area contributed by atoms with Crippen LogP contribution >= 0.6 is 0 Å². The van der Waals surface area contributed by atoms with Crippen molar-refractivity contribution >= 4 is 11.8 Å². The first kappa shape index (κ1) is 41.8. The Labute approximate surface area is 347 Å². The van der Waals surface area contributed by atoms with Crippen molar-refractivity contribution in [1.29, 1.82) is 0 Å². The molecule has 6 bridgehead atoms. The van der Waals surface area contributed by atoms with E-state index in [0.717, 1.165) is 48.1 Å². The fraction of sp³-hybridized carbons (Fsp3) is 0.560. The van der Waals surface area contributed by atoms with Gasteiger partial charge in [-0.05, 0) is 161 Å². The Morgan fingerprint density at radius 1 is 0.898 bits per heavy atom. The van der Waals surface area contributed by atoms with Crippen molar-refractivity contribution in [2.45, 2.75) is 134 Å². The molecule has 0 aromatic heterocycles. The number of halogens is 3. The molecule has 0 aliphatic heterocycles. The van der Waals surface area contributed by atoms with Gasteiger partial charge >= 0.3 is 12.2 Å². The van der Waals surface area contributed by atoms with Gasteiger partial charge < -0.3 is 20.4 Å². The average molecular weight is 811 g/mol. The number of amides is 2. The largest absolute Gasteiger partial charge is 0.416 e. The van der Waals surface area contributed by atoms with Crippen LogP contribution < -0.4 is 5.32 Å². The smallest absolute Gasteiger partial charge is 0.393 e. The second kappa shape index (κ2) is 16.2. The summed E-state index contributed by atoms with van der Waals surface area (Å²) in [6.07, 6.45) is 7.79. The van der Waals surface area contributed by atoms with E-state index in [0.29, 0.717) is 80.4 Å². The highest BCUT2D eigenvalue weighted by Gasteiger charge is 2.59. The monoisotopic (exact) mass is 810 g/mol. The third-order valence-electron chi connectivity index (χ3n) is 15.4. The molecule has 316 valence electrons. The number of carbonyl (C=O) groups excluding carboxylic acids is 2. The number of allylic oxidation sites excluding steroid dienone is 2. The van der Waals surface area contributed by atoms with Crippen LogP contribution in [0.4, 0.5) is 18.0 Å². The quantitative estimate of drug-likeness (QED) is 0.156. The number of alkyl halides is 3. The van der Waals surface area contributed by atoms with Crippen LogP contribution in [0.25, 0.3) is 0 Å². The van der Waals surface area contributed by atoms with Gasteiger partial charge in [-0.1, -0.05) is 73.2 Å². The van der Waals surface area contributed by atoms with Gasteiger partial charge in [0.2, 0.25) is 0 Å². The van der Waals surface area contributed by atoms with E-state index in [2.05, 4.69) is 25.2 Å². The Morgan fingerprint density at radius 3 is 2.27 bits per heavy atom. The molecule has 0 spiro atoms. The van der Waals surface area contributed by atoms with Gasteiger partial charge in [-0.2, -0.15) is 13.2 Å². The lowest BCUT2D eigenvalue weighted by atomic mass is 9.49. The minimum absolute atomic E-state index is 0.0192. The van der Waals surface area contributed by atoms with Crippen LogP contribution in [0.2, 0.25) is 0 Å². The standard InChI is InChI=1S/C50H61F3N2O4/c1-32-9-8-19-47(3)44(42-17-15-34(24-41(56)16-14-32)25-43(42)45(57)39-12-7-13-40(26-39)50(51,52)53)18-20-49(47,59)31-55(46(58)54-33(2)38-10-5-4-6-11-38)30-48-27-35-21-36(28-48)23-37(22-35)29-48/h4-7,9-13,15,17,25-26,33,35-37,41,44,56,59H,8,14,16,18-24,27-31H2,1-3H3,(H,54,58)/t33-,35?,36?,37?,41+,44+,47+,48?,49-/m1/s1. The van der Waals surface area contributed by atoms with E-state index >= 15 is 0 Å². The van der Waals surface area contributed by atoms with Crippen molar-refractivity contribution in [2.75, 3.05) is 13.1 Å². The number of ketones is 1. The molecule has 2 amide bonds. The summed E-state index contributed by atoms with van der Waals surface area (Å²) in [6.45, 7) is 6.89. The van der Waals surface area contributed by atoms with Crippen LogP contribution in [0, 0.1) is 28.6 Å². The Kier molecular flexibility index (Phi) is 11.4. The number of benzene rings is 3. The first-order valence-electron chi connectivity index (χ1n) is 22.0. The fourth-order valence-corrected chi connectivity index (χ4v) is 12.7. The van der Waals surface area contributed by atoms with Crippen LogP contribution in [0.5, 0.6) is 0 Å². The number of urea groups is 1. The van der Waals surface area contributed by atoms with Crippen LogP contribution in [0.1, 0.15) is 148 Å². The van der Waals surface area contributed by atoms with E-state index in [9.17, 15) is 33.0 Å². The van der Waals surface area contributed by atoms with Gasteiger partial charge in [0, 0.05) is 23.1 Å². The first-order valence-corrected chi connectivity index (χ1v) is 22.0. The molecule has 9 heteroatoms. The van der Waals surface area contributed by atoms with Gasteiger partial charge in [0.25, 0.3) is 0 Å². The Bertz CT molecular complexity index is 2030. The SMILES string of the molecule is CC1=CCC[C@@]2(C)[C@@H](CC[C@@]2(O)CN(CC23CC4CC(CC(C4)C2)C3)C(=O)N[C@H](C)c2ccccc2)c2ccc(cc2C(=O)c2cccc(C(F)(F)F)c2)C[C@@H](O)CC1. The molecule has 3 N–H and O–H groups in total. The van der Waals surface area contributed by atoms with Crippen molar-refractivity contribution < 1.29 is 33.0 Å². The van der Waals surface area contributed by atoms with Gasteiger partial charge in [-0.3, -0.25) is 4.79 Å². The molecular weight excluding hydrogens is 750 g/mol. The summed E-state index contributed by atoms with van der Waals surface area (Å²) in [5, 5.41) is 27.7. The number of nitrogens with zero attached hydrogens (tertiary/aromatic N) is 1. The zero-order valence-corrected chi connectivity index (χ0v) is 34.9. The normalized spacial score (nSPS) is 32.2. The third kappa shape index (κ3) is 8.53. The topological polar surface area (TPSA) is 89.9 Å². The number of rotatable bonds is 8. The van der Waals surface area contributed by atoms with Gasteiger partial charge in [-0.25, -0.2) is 4.79 Å². The number of carbonyl (C=O) groups is 2. The average Bonchev–Trinajstić information content (AvgIpc) is 3.44. The molecule has 5 saturated carbocycles. The van der Waals surface area contributed by atoms with Crippen molar-refractivity contribution in [3.05, 3.63) is 118 Å². The second-order valence-electron chi connectivity index (χ2n) is 19.7.